The molecule has 0 aromatic carbocycles. The molecule has 2 heterocycles. The number of anilines is 1. The van der Waals surface area contributed by atoms with Crippen LogP contribution in [0.4, 0.5) is 5.13 Å². The first-order valence-electron chi connectivity index (χ1n) is 6.92. The molecule has 0 spiro atoms. The Balaban J connectivity index is 1.97. The third-order valence-corrected chi connectivity index (χ3v) is 4.31. The molecule has 1 aromatic rings. The second-order valence-corrected chi connectivity index (χ2v) is 7.10. The van der Waals surface area contributed by atoms with E-state index in [9.17, 15) is 0 Å². The van der Waals surface area contributed by atoms with Gasteiger partial charge in [0.2, 0.25) is 0 Å². The average molecular weight is 267 g/mol. The summed E-state index contributed by atoms with van der Waals surface area (Å²) in [6, 6.07) is 0.647. The first-order valence-corrected chi connectivity index (χ1v) is 7.80. The Bertz CT molecular complexity index is 381. The number of piperidine rings is 1. The second kappa shape index (κ2) is 5.57. The van der Waals surface area contributed by atoms with Crippen molar-refractivity contribution in [3.05, 3.63) is 11.1 Å². The highest BCUT2D eigenvalue weighted by Gasteiger charge is 2.21. The van der Waals surface area contributed by atoms with Crippen LogP contribution in [0.15, 0.2) is 5.38 Å². The zero-order valence-corrected chi connectivity index (χ0v) is 12.8. The molecule has 2 rings (SSSR count). The smallest absolute Gasteiger partial charge is 0.185 e. The van der Waals surface area contributed by atoms with Crippen molar-refractivity contribution in [1.82, 2.24) is 10.3 Å². The van der Waals surface area contributed by atoms with Crippen molar-refractivity contribution in [3.63, 3.8) is 0 Å². The van der Waals surface area contributed by atoms with Crippen LogP contribution in [-0.2, 0) is 6.54 Å². The molecule has 0 aliphatic carbocycles. The predicted molar refractivity (Wildman–Crippen MR) is 79.4 cm³/mol. The monoisotopic (exact) mass is 267 g/mol. The molecule has 1 N–H and O–H groups in total. The Kier molecular flexibility index (Phi) is 4.28. The van der Waals surface area contributed by atoms with Gasteiger partial charge in [0.25, 0.3) is 0 Å². The maximum absolute atomic E-state index is 4.77. The van der Waals surface area contributed by atoms with Crippen molar-refractivity contribution >= 4 is 16.5 Å². The van der Waals surface area contributed by atoms with Gasteiger partial charge in [-0.05, 0) is 47.0 Å². The molecule has 1 aliphatic rings. The summed E-state index contributed by atoms with van der Waals surface area (Å²) in [7, 11) is 0. The van der Waals surface area contributed by atoms with Gasteiger partial charge in [-0.3, -0.25) is 0 Å². The molecule has 1 saturated heterocycles. The molecule has 3 nitrogen and oxygen atoms in total. The van der Waals surface area contributed by atoms with Crippen molar-refractivity contribution in [2.45, 2.75) is 65.1 Å². The Morgan fingerprint density at radius 2 is 2.22 bits per heavy atom. The average Bonchev–Trinajstić information content (AvgIpc) is 2.75. The molecule has 1 fully saturated rings. The largest absolute Gasteiger partial charge is 0.345 e. The molecule has 102 valence electrons. The van der Waals surface area contributed by atoms with Crippen molar-refractivity contribution in [2.75, 3.05) is 11.4 Å². The first-order chi connectivity index (χ1) is 8.46. The van der Waals surface area contributed by atoms with E-state index >= 15 is 0 Å². The van der Waals surface area contributed by atoms with Gasteiger partial charge in [-0.25, -0.2) is 4.98 Å². The van der Waals surface area contributed by atoms with Gasteiger partial charge in [0.1, 0.15) is 0 Å². The molecule has 1 unspecified atom stereocenters. The van der Waals surface area contributed by atoms with E-state index in [1.165, 1.54) is 36.6 Å². The van der Waals surface area contributed by atoms with Crippen molar-refractivity contribution in [2.24, 2.45) is 0 Å². The van der Waals surface area contributed by atoms with Crippen LogP contribution in [0.2, 0.25) is 0 Å². The van der Waals surface area contributed by atoms with Crippen molar-refractivity contribution in [3.8, 4) is 0 Å². The number of nitrogens with one attached hydrogen (secondary N) is 1. The molecular weight excluding hydrogens is 242 g/mol. The van der Waals surface area contributed by atoms with Crippen LogP contribution >= 0.6 is 11.3 Å². The predicted octanol–water partition coefficient (Wildman–Crippen LogP) is 3.41. The van der Waals surface area contributed by atoms with E-state index in [4.69, 9.17) is 4.98 Å². The molecule has 4 heteroatoms. The van der Waals surface area contributed by atoms with Crippen LogP contribution in [0.1, 0.15) is 52.7 Å². The number of nitrogens with zero attached hydrogens (tertiary/aromatic N) is 2. The SMILES string of the molecule is CC1CCCCN1c1nc(CNC(C)(C)C)cs1. The normalized spacial score (nSPS) is 21.3. The maximum Gasteiger partial charge on any atom is 0.185 e. The molecule has 0 bridgehead atoms. The second-order valence-electron chi connectivity index (χ2n) is 6.26. The van der Waals surface area contributed by atoms with E-state index < -0.39 is 0 Å². The highest BCUT2D eigenvalue weighted by Crippen LogP contribution is 2.27. The molecule has 1 atom stereocenters. The van der Waals surface area contributed by atoms with Crippen LogP contribution in [0, 0.1) is 0 Å². The Labute approximate surface area is 115 Å². The Morgan fingerprint density at radius 1 is 1.44 bits per heavy atom. The fraction of sp³-hybridized carbons (Fsp3) is 0.786. The first kappa shape index (κ1) is 13.8. The summed E-state index contributed by atoms with van der Waals surface area (Å²) in [5.74, 6) is 0. The molecule has 1 aliphatic heterocycles. The summed E-state index contributed by atoms with van der Waals surface area (Å²) in [5, 5.41) is 6.88. The number of aromatic nitrogens is 1. The van der Waals surface area contributed by atoms with Crippen LogP contribution in [0.3, 0.4) is 0 Å². The van der Waals surface area contributed by atoms with Gasteiger partial charge in [-0.15, -0.1) is 11.3 Å². The molecule has 18 heavy (non-hydrogen) atoms. The minimum Gasteiger partial charge on any atom is -0.345 e. The van der Waals surface area contributed by atoms with E-state index in [1.54, 1.807) is 11.3 Å². The van der Waals surface area contributed by atoms with Gasteiger partial charge >= 0.3 is 0 Å². The van der Waals surface area contributed by atoms with Crippen LogP contribution in [0.5, 0.6) is 0 Å². The minimum absolute atomic E-state index is 0.155. The van der Waals surface area contributed by atoms with E-state index in [2.05, 4.69) is 43.3 Å². The van der Waals surface area contributed by atoms with Crippen LogP contribution in [0.25, 0.3) is 0 Å². The highest BCUT2D eigenvalue weighted by molar-refractivity contribution is 7.13. The number of rotatable bonds is 3. The summed E-state index contributed by atoms with van der Waals surface area (Å²) in [5.41, 5.74) is 1.32. The number of hydrogen-bond acceptors (Lipinski definition) is 4. The van der Waals surface area contributed by atoms with Gasteiger partial charge in [-0.2, -0.15) is 0 Å². The van der Waals surface area contributed by atoms with Crippen molar-refractivity contribution in [1.29, 1.82) is 0 Å². The fourth-order valence-corrected chi connectivity index (χ4v) is 3.20. The Morgan fingerprint density at radius 3 is 2.89 bits per heavy atom. The quantitative estimate of drug-likeness (QED) is 0.909. The molecule has 1 aromatic heterocycles. The maximum atomic E-state index is 4.77. The number of hydrogen-bond donors (Lipinski definition) is 1. The fourth-order valence-electron chi connectivity index (χ4n) is 2.25. The van der Waals surface area contributed by atoms with E-state index in [1.807, 2.05) is 0 Å². The van der Waals surface area contributed by atoms with Gasteiger partial charge < -0.3 is 10.2 Å². The third kappa shape index (κ3) is 3.69. The number of thiazole rings is 1. The molecule has 0 saturated carbocycles. The van der Waals surface area contributed by atoms with E-state index in [-0.39, 0.29) is 5.54 Å². The minimum atomic E-state index is 0.155. The zero-order valence-electron chi connectivity index (χ0n) is 12.0. The van der Waals surface area contributed by atoms with Gasteiger partial charge in [0.15, 0.2) is 5.13 Å². The zero-order chi connectivity index (χ0) is 13.2. The van der Waals surface area contributed by atoms with Crippen LogP contribution in [-0.4, -0.2) is 23.1 Å². The molecule has 0 amide bonds. The van der Waals surface area contributed by atoms with Gasteiger partial charge in [0.05, 0.1) is 5.69 Å². The summed E-state index contributed by atoms with van der Waals surface area (Å²) >= 11 is 1.79. The van der Waals surface area contributed by atoms with Crippen LogP contribution < -0.4 is 10.2 Å². The third-order valence-electron chi connectivity index (χ3n) is 3.39. The lowest BCUT2D eigenvalue weighted by Gasteiger charge is -2.33. The van der Waals surface area contributed by atoms with Gasteiger partial charge in [0, 0.05) is 30.1 Å². The van der Waals surface area contributed by atoms with E-state index in [0.29, 0.717) is 6.04 Å². The lowest BCUT2D eigenvalue weighted by atomic mass is 10.1. The summed E-state index contributed by atoms with van der Waals surface area (Å²) in [4.78, 5) is 7.24. The lowest BCUT2D eigenvalue weighted by molar-refractivity contribution is 0.421. The topological polar surface area (TPSA) is 28.2 Å². The van der Waals surface area contributed by atoms with Crippen molar-refractivity contribution < 1.29 is 0 Å². The lowest BCUT2D eigenvalue weighted by Crippen LogP contribution is -2.37. The summed E-state index contributed by atoms with van der Waals surface area (Å²) in [6.07, 6.45) is 3.97. The molecule has 0 radical (unpaired) electrons. The van der Waals surface area contributed by atoms with Gasteiger partial charge in [-0.1, -0.05) is 0 Å². The summed E-state index contributed by atoms with van der Waals surface area (Å²) < 4.78 is 0. The molecular formula is C14H25N3S. The van der Waals surface area contributed by atoms with E-state index in [0.717, 1.165) is 6.54 Å². The Hall–Kier alpha value is -0.610. The highest BCUT2D eigenvalue weighted by atomic mass is 32.1. The standard InChI is InChI=1S/C14H25N3S/c1-11-7-5-6-8-17(11)13-16-12(10-18-13)9-15-14(2,3)4/h10-11,15H,5-9H2,1-4H3. The summed E-state index contributed by atoms with van der Waals surface area (Å²) in [6.45, 7) is 10.9.